The summed E-state index contributed by atoms with van der Waals surface area (Å²) in [7, 11) is 0. The highest BCUT2D eigenvalue weighted by molar-refractivity contribution is 7.07. The van der Waals surface area contributed by atoms with Gasteiger partial charge in [0.05, 0.1) is 6.42 Å². The Balaban J connectivity index is 1.73. The number of thiophene rings is 1. The zero-order valence-corrected chi connectivity index (χ0v) is 11.8. The Morgan fingerprint density at radius 1 is 1.50 bits per heavy atom. The Morgan fingerprint density at radius 3 is 2.89 bits per heavy atom. The van der Waals surface area contributed by atoms with Gasteiger partial charge in [-0.25, -0.2) is 0 Å². The number of carbonyl (C=O) groups excluding carboxylic acids is 1. The molecular weight excluding hydrogens is 244 g/mol. The van der Waals surface area contributed by atoms with Crippen LogP contribution in [0.2, 0.25) is 0 Å². The SMILES string of the molecule is CCNCC1CCN(C(=O)Cc2ccsc2)CC1. The summed E-state index contributed by atoms with van der Waals surface area (Å²) in [6, 6.07) is 2.04. The van der Waals surface area contributed by atoms with Gasteiger partial charge in [0.25, 0.3) is 0 Å². The summed E-state index contributed by atoms with van der Waals surface area (Å²) in [6.45, 7) is 6.14. The van der Waals surface area contributed by atoms with Crippen LogP contribution >= 0.6 is 11.3 Å². The minimum atomic E-state index is 0.287. The lowest BCUT2D eigenvalue weighted by Gasteiger charge is -2.32. The first-order valence-corrected chi connectivity index (χ1v) is 7.73. The summed E-state index contributed by atoms with van der Waals surface area (Å²) in [6.07, 6.45) is 2.85. The maximum absolute atomic E-state index is 12.1. The van der Waals surface area contributed by atoms with Crippen LogP contribution in [0.3, 0.4) is 0 Å². The number of piperidine rings is 1. The molecule has 0 aromatic carbocycles. The molecule has 1 amide bonds. The molecule has 0 unspecified atom stereocenters. The van der Waals surface area contributed by atoms with E-state index < -0.39 is 0 Å². The van der Waals surface area contributed by atoms with Crippen molar-refractivity contribution in [1.29, 1.82) is 0 Å². The molecule has 0 saturated carbocycles. The first kappa shape index (κ1) is 13.6. The van der Waals surface area contributed by atoms with E-state index in [-0.39, 0.29) is 5.91 Å². The molecule has 0 spiro atoms. The monoisotopic (exact) mass is 266 g/mol. The number of carbonyl (C=O) groups is 1. The summed E-state index contributed by atoms with van der Waals surface area (Å²) in [5.41, 5.74) is 1.15. The van der Waals surface area contributed by atoms with Crippen LogP contribution in [-0.4, -0.2) is 37.0 Å². The first-order chi connectivity index (χ1) is 8.79. The molecule has 1 aromatic heterocycles. The molecule has 18 heavy (non-hydrogen) atoms. The zero-order valence-electron chi connectivity index (χ0n) is 11.0. The third-order valence-corrected chi connectivity index (χ3v) is 4.32. The van der Waals surface area contributed by atoms with E-state index in [0.29, 0.717) is 6.42 Å². The van der Waals surface area contributed by atoms with E-state index in [4.69, 9.17) is 0 Å². The second kappa shape index (κ2) is 6.90. The van der Waals surface area contributed by atoms with Gasteiger partial charge in [0, 0.05) is 13.1 Å². The molecule has 2 rings (SSSR count). The molecule has 1 fully saturated rings. The maximum atomic E-state index is 12.1. The number of rotatable bonds is 5. The number of hydrogen-bond acceptors (Lipinski definition) is 3. The van der Waals surface area contributed by atoms with Gasteiger partial charge in [0.1, 0.15) is 0 Å². The van der Waals surface area contributed by atoms with Crippen molar-refractivity contribution in [1.82, 2.24) is 10.2 Å². The molecule has 1 aliphatic heterocycles. The van der Waals surface area contributed by atoms with Crippen LogP contribution in [0.1, 0.15) is 25.3 Å². The Morgan fingerprint density at radius 2 is 2.28 bits per heavy atom. The topological polar surface area (TPSA) is 32.3 Å². The maximum Gasteiger partial charge on any atom is 0.227 e. The van der Waals surface area contributed by atoms with Crippen LogP contribution in [-0.2, 0) is 11.2 Å². The minimum absolute atomic E-state index is 0.287. The van der Waals surface area contributed by atoms with E-state index in [2.05, 4.69) is 17.6 Å². The molecule has 0 bridgehead atoms. The smallest absolute Gasteiger partial charge is 0.227 e. The molecule has 0 aliphatic carbocycles. The third kappa shape index (κ3) is 3.82. The van der Waals surface area contributed by atoms with E-state index in [1.54, 1.807) is 11.3 Å². The fourth-order valence-electron chi connectivity index (χ4n) is 2.41. The summed E-state index contributed by atoms with van der Waals surface area (Å²) >= 11 is 1.66. The number of nitrogens with zero attached hydrogens (tertiary/aromatic N) is 1. The molecule has 3 nitrogen and oxygen atoms in total. The number of nitrogens with one attached hydrogen (secondary N) is 1. The van der Waals surface area contributed by atoms with Crippen molar-refractivity contribution >= 4 is 17.2 Å². The van der Waals surface area contributed by atoms with Crippen molar-refractivity contribution in [3.8, 4) is 0 Å². The van der Waals surface area contributed by atoms with Crippen LogP contribution < -0.4 is 5.32 Å². The first-order valence-electron chi connectivity index (χ1n) is 6.79. The summed E-state index contributed by atoms with van der Waals surface area (Å²) in [4.78, 5) is 14.1. The second-order valence-corrected chi connectivity index (χ2v) is 5.72. The Bertz CT molecular complexity index is 356. The predicted octanol–water partition coefficient (Wildman–Crippen LogP) is 2.14. The number of hydrogen-bond donors (Lipinski definition) is 1. The van der Waals surface area contributed by atoms with Crippen molar-refractivity contribution < 1.29 is 4.79 Å². The molecule has 1 N–H and O–H groups in total. The molecule has 100 valence electrons. The molecule has 4 heteroatoms. The molecule has 1 saturated heterocycles. The van der Waals surface area contributed by atoms with Crippen molar-refractivity contribution in [3.05, 3.63) is 22.4 Å². The van der Waals surface area contributed by atoms with E-state index >= 15 is 0 Å². The van der Waals surface area contributed by atoms with Gasteiger partial charge < -0.3 is 10.2 Å². The van der Waals surface area contributed by atoms with Gasteiger partial charge in [0.15, 0.2) is 0 Å². The van der Waals surface area contributed by atoms with Gasteiger partial charge in [-0.2, -0.15) is 11.3 Å². The van der Waals surface area contributed by atoms with E-state index in [9.17, 15) is 4.79 Å². The average molecular weight is 266 g/mol. The summed E-state index contributed by atoms with van der Waals surface area (Å²) < 4.78 is 0. The van der Waals surface area contributed by atoms with Crippen LogP contribution in [0.25, 0.3) is 0 Å². The molecule has 2 heterocycles. The van der Waals surface area contributed by atoms with E-state index in [1.165, 1.54) is 0 Å². The molecule has 1 aromatic rings. The quantitative estimate of drug-likeness (QED) is 0.885. The van der Waals surface area contributed by atoms with Crippen molar-refractivity contribution in [2.45, 2.75) is 26.2 Å². The van der Waals surface area contributed by atoms with Crippen molar-refractivity contribution in [2.24, 2.45) is 5.92 Å². The Hall–Kier alpha value is -0.870. The van der Waals surface area contributed by atoms with Crippen LogP contribution in [0.15, 0.2) is 16.8 Å². The summed E-state index contributed by atoms with van der Waals surface area (Å²) in [5.74, 6) is 1.03. The molecular formula is C14H22N2OS. The molecule has 0 atom stereocenters. The Labute approximate surface area is 113 Å². The standard InChI is InChI=1S/C14H22N2OS/c1-2-15-10-12-3-6-16(7-4-12)14(17)9-13-5-8-18-11-13/h5,8,11-12,15H,2-4,6-7,9-10H2,1H3. The number of amides is 1. The van der Waals surface area contributed by atoms with E-state index in [0.717, 1.165) is 50.5 Å². The van der Waals surface area contributed by atoms with E-state index in [1.807, 2.05) is 16.3 Å². The van der Waals surface area contributed by atoms with Gasteiger partial charge in [-0.3, -0.25) is 4.79 Å². The van der Waals surface area contributed by atoms with Crippen LogP contribution in [0.5, 0.6) is 0 Å². The van der Waals surface area contributed by atoms with Crippen molar-refractivity contribution in [2.75, 3.05) is 26.2 Å². The normalized spacial score (nSPS) is 17.1. The van der Waals surface area contributed by atoms with Gasteiger partial charge in [-0.15, -0.1) is 0 Å². The van der Waals surface area contributed by atoms with Crippen LogP contribution in [0, 0.1) is 5.92 Å². The van der Waals surface area contributed by atoms with Crippen molar-refractivity contribution in [3.63, 3.8) is 0 Å². The largest absolute Gasteiger partial charge is 0.342 e. The second-order valence-electron chi connectivity index (χ2n) is 4.94. The lowest BCUT2D eigenvalue weighted by molar-refractivity contribution is -0.131. The zero-order chi connectivity index (χ0) is 12.8. The number of likely N-dealkylation sites (tertiary alicyclic amines) is 1. The molecule has 1 aliphatic rings. The predicted molar refractivity (Wildman–Crippen MR) is 75.9 cm³/mol. The minimum Gasteiger partial charge on any atom is -0.342 e. The Kier molecular flexibility index (Phi) is 5.20. The van der Waals surface area contributed by atoms with Gasteiger partial charge in [-0.05, 0) is 54.2 Å². The van der Waals surface area contributed by atoms with Gasteiger partial charge in [0.2, 0.25) is 5.91 Å². The fourth-order valence-corrected chi connectivity index (χ4v) is 3.08. The highest BCUT2D eigenvalue weighted by atomic mass is 32.1. The fraction of sp³-hybridized carbons (Fsp3) is 0.643. The highest BCUT2D eigenvalue weighted by Gasteiger charge is 2.22. The van der Waals surface area contributed by atoms with Gasteiger partial charge in [-0.1, -0.05) is 6.92 Å². The lowest BCUT2D eigenvalue weighted by atomic mass is 9.96. The lowest BCUT2D eigenvalue weighted by Crippen LogP contribution is -2.41. The summed E-state index contributed by atoms with van der Waals surface area (Å²) in [5, 5.41) is 7.49. The average Bonchev–Trinajstić information content (AvgIpc) is 2.89. The van der Waals surface area contributed by atoms with Crippen LogP contribution in [0.4, 0.5) is 0 Å². The van der Waals surface area contributed by atoms with Gasteiger partial charge >= 0.3 is 0 Å². The third-order valence-electron chi connectivity index (χ3n) is 3.59. The highest BCUT2D eigenvalue weighted by Crippen LogP contribution is 2.17. The molecule has 0 radical (unpaired) electrons.